The van der Waals surface area contributed by atoms with E-state index in [4.69, 9.17) is 4.42 Å². The predicted octanol–water partition coefficient (Wildman–Crippen LogP) is 2.65. The smallest absolute Gasteiger partial charge is 0.200 e. The highest BCUT2D eigenvalue weighted by Gasteiger charge is 2.06. The van der Waals surface area contributed by atoms with Gasteiger partial charge in [0.15, 0.2) is 0 Å². The van der Waals surface area contributed by atoms with E-state index >= 15 is 0 Å². The molecule has 16 heavy (non-hydrogen) atoms. The van der Waals surface area contributed by atoms with Crippen molar-refractivity contribution in [3.8, 4) is 5.75 Å². The van der Waals surface area contributed by atoms with E-state index in [1.165, 1.54) is 12.1 Å². The van der Waals surface area contributed by atoms with Crippen molar-refractivity contribution in [1.29, 1.82) is 0 Å². The molecule has 1 heterocycles. The molecule has 0 unspecified atom stereocenters. The molecule has 0 aliphatic rings. The fourth-order valence-electron chi connectivity index (χ4n) is 1.79. The van der Waals surface area contributed by atoms with Crippen LogP contribution in [0, 0.1) is 0 Å². The molecule has 3 nitrogen and oxygen atoms in total. The lowest BCUT2D eigenvalue weighted by Gasteiger charge is -2.00. The zero-order chi connectivity index (χ0) is 11.1. The van der Waals surface area contributed by atoms with Crippen molar-refractivity contribution in [2.75, 3.05) is 0 Å². The molecule has 3 heteroatoms. The number of benzene rings is 2. The number of para-hydroxylation sites is 1. The summed E-state index contributed by atoms with van der Waals surface area (Å²) in [7, 11) is 0. The van der Waals surface area contributed by atoms with Crippen LogP contribution in [0.5, 0.6) is 5.75 Å². The van der Waals surface area contributed by atoms with E-state index in [-0.39, 0.29) is 11.2 Å². The first-order chi connectivity index (χ1) is 7.75. The molecule has 3 rings (SSSR count). The SMILES string of the molecule is O=c1c2ccccc2oc2cc(O)ccc12. The average molecular weight is 212 g/mol. The fourth-order valence-corrected chi connectivity index (χ4v) is 1.79. The highest BCUT2D eigenvalue weighted by molar-refractivity contribution is 5.90. The van der Waals surface area contributed by atoms with Gasteiger partial charge in [-0.2, -0.15) is 0 Å². The molecule has 0 fully saturated rings. The van der Waals surface area contributed by atoms with Crippen molar-refractivity contribution in [1.82, 2.24) is 0 Å². The first-order valence-corrected chi connectivity index (χ1v) is 4.90. The Morgan fingerprint density at radius 3 is 2.56 bits per heavy atom. The van der Waals surface area contributed by atoms with Gasteiger partial charge in [0.1, 0.15) is 16.9 Å². The van der Waals surface area contributed by atoms with Crippen molar-refractivity contribution in [3.05, 3.63) is 52.7 Å². The van der Waals surface area contributed by atoms with Gasteiger partial charge in [-0.1, -0.05) is 12.1 Å². The topological polar surface area (TPSA) is 50.4 Å². The van der Waals surface area contributed by atoms with Gasteiger partial charge in [0.05, 0.1) is 10.8 Å². The van der Waals surface area contributed by atoms with Crippen molar-refractivity contribution in [2.45, 2.75) is 0 Å². The van der Waals surface area contributed by atoms with Crippen LogP contribution in [0.1, 0.15) is 0 Å². The molecule has 0 saturated heterocycles. The number of hydrogen-bond donors (Lipinski definition) is 1. The van der Waals surface area contributed by atoms with Crippen LogP contribution in [-0.2, 0) is 0 Å². The van der Waals surface area contributed by atoms with Crippen LogP contribution in [0.25, 0.3) is 21.9 Å². The lowest BCUT2D eigenvalue weighted by Crippen LogP contribution is -2.01. The van der Waals surface area contributed by atoms with Gasteiger partial charge in [-0.25, -0.2) is 0 Å². The van der Waals surface area contributed by atoms with E-state index in [9.17, 15) is 9.90 Å². The van der Waals surface area contributed by atoms with E-state index < -0.39 is 0 Å². The van der Waals surface area contributed by atoms with Crippen LogP contribution >= 0.6 is 0 Å². The first kappa shape index (κ1) is 8.97. The summed E-state index contributed by atoms with van der Waals surface area (Å²) < 4.78 is 5.55. The maximum Gasteiger partial charge on any atom is 0.200 e. The highest BCUT2D eigenvalue weighted by Crippen LogP contribution is 2.21. The molecule has 0 amide bonds. The average Bonchev–Trinajstić information content (AvgIpc) is 2.29. The fraction of sp³-hybridized carbons (Fsp3) is 0. The monoisotopic (exact) mass is 212 g/mol. The Morgan fingerprint density at radius 1 is 0.938 bits per heavy atom. The first-order valence-electron chi connectivity index (χ1n) is 4.90. The third-order valence-electron chi connectivity index (χ3n) is 2.56. The zero-order valence-corrected chi connectivity index (χ0v) is 8.31. The summed E-state index contributed by atoms with van der Waals surface area (Å²) >= 11 is 0. The number of phenolic OH excluding ortho intramolecular Hbond substituents is 1. The van der Waals surface area contributed by atoms with Gasteiger partial charge in [-0.3, -0.25) is 4.79 Å². The lowest BCUT2D eigenvalue weighted by atomic mass is 10.1. The van der Waals surface area contributed by atoms with E-state index in [0.717, 1.165) is 0 Å². The van der Waals surface area contributed by atoms with E-state index in [0.29, 0.717) is 21.9 Å². The van der Waals surface area contributed by atoms with Crippen LogP contribution < -0.4 is 5.43 Å². The van der Waals surface area contributed by atoms with Crippen LogP contribution in [0.4, 0.5) is 0 Å². The summed E-state index contributed by atoms with van der Waals surface area (Å²) in [6.45, 7) is 0. The van der Waals surface area contributed by atoms with Crippen LogP contribution in [-0.4, -0.2) is 5.11 Å². The minimum atomic E-state index is -0.0724. The Bertz CT molecular complexity index is 741. The van der Waals surface area contributed by atoms with Gasteiger partial charge < -0.3 is 9.52 Å². The molecular formula is C13H8O3. The molecule has 78 valence electrons. The molecule has 2 aromatic carbocycles. The van der Waals surface area contributed by atoms with Crippen molar-refractivity contribution < 1.29 is 9.52 Å². The largest absolute Gasteiger partial charge is 0.508 e. The summed E-state index contributed by atoms with van der Waals surface area (Å²) in [6, 6.07) is 11.6. The van der Waals surface area contributed by atoms with Crippen LogP contribution in [0.15, 0.2) is 51.7 Å². The van der Waals surface area contributed by atoms with Crippen molar-refractivity contribution in [2.24, 2.45) is 0 Å². The third-order valence-corrected chi connectivity index (χ3v) is 2.56. The molecule has 0 spiro atoms. The maximum absolute atomic E-state index is 12.1. The standard InChI is InChI=1S/C13H8O3/c14-8-5-6-10-12(7-8)16-11-4-2-1-3-9(11)13(10)15/h1-7,14H. The van der Waals surface area contributed by atoms with Crippen LogP contribution in [0.3, 0.4) is 0 Å². The van der Waals surface area contributed by atoms with E-state index in [2.05, 4.69) is 0 Å². The number of aromatic hydroxyl groups is 1. The van der Waals surface area contributed by atoms with Crippen molar-refractivity contribution in [3.63, 3.8) is 0 Å². The molecule has 0 bridgehead atoms. The second kappa shape index (κ2) is 3.10. The molecule has 0 aliphatic heterocycles. The molecule has 0 radical (unpaired) electrons. The van der Waals surface area contributed by atoms with Gasteiger partial charge in [0, 0.05) is 6.07 Å². The Balaban J connectivity index is 2.61. The quantitative estimate of drug-likeness (QED) is 0.583. The molecule has 1 N–H and O–H groups in total. The number of hydrogen-bond acceptors (Lipinski definition) is 3. The van der Waals surface area contributed by atoms with E-state index in [1.54, 1.807) is 30.3 Å². The van der Waals surface area contributed by atoms with Crippen molar-refractivity contribution >= 4 is 21.9 Å². The summed E-state index contributed by atoms with van der Waals surface area (Å²) in [6.07, 6.45) is 0. The van der Waals surface area contributed by atoms with Gasteiger partial charge in [0.25, 0.3) is 0 Å². The second-order valence-corrected chi connectivity index (χ2v) is 3.61. The van der Waals surface area contributed by atoms with Gasteiger partial charge in [-0.05, 0) is 24.3 Å². The summed E-state index contributed by atoms with van der Waals surface area (Å²) in [4.78, 5) is 12.1. The summed E-state index contributed by atoms with van der Waals surface area (Å²) in [5, 5.41) is 10.4. The molecular weight excluding hydrogens is 204 g/mol. The number of rotatable bonds is 0. The number of phenols is 1. The van der Waals surface area contributed by atoms with Crippen LogP contribution in [0.2, 0.25) is 0 Å². The summed E-state index contributed by atoms with van der Waals surface area (Å²) in [5.74, 6) is 0.0888. The Labute approximate surface area is 90.6 Å². The highest BCUT2D eigenvalue weighted by atomic mass is 16.3. The van der Waals surface area contributed by atoms with E-state index in [1.807, 2.05) is 0 Å². The summed E-state index contributed by atoms with van der Waals surface area (Å²) in [5.41, 5.74) is 0.867. The zero-order valence-electron chi connectivity index (χ0n) is 8.31. The second-order valence-electron chi connectivity index (χ2n) is 3.61. The molecule has 1 aromatic heterocycles. The normalized spacial score (nSPS) is 11.0. The maximum atomic E-state index is 12.1. The molecule has 3 aromatic rings. The molecule has 0 aliphatic carbocycles. The molecule has 0 saturated carbocycles. The van der Waals surface area contributed by atoms with Gasteiger partial charge in [0.2, 0.25) is 5.43 Å². The predicted molar refractivity (Wildman–Crippen MR) is 61.7 cm³/mol. The number of fused-ring (bicyclic) bond motifs is 2. The minimum absolute atomic E-state index is 0.0724. The van der Waals surface area contributed by atoms with Gasteiger partial charge >= 0.3 is 0 Å². The van der Waals surface area contributed by atoms with Gasteiger partial charge in [-0.15, -0.1) is 0 Å². The lowest BCUT2D eigenvalue weighted by molar-refractivity contribution is 0.474. The minimum Gasteiger partial charge on any atom is -0.508 e. The Kier molecular flexibility index (Phi) is 1.74. The Morgan fingerprint density at radius 2 is 1.69 bits per heavy atom. The third kappa shape index (κ3) is 1.18. The molecule has 0 atom stereocenters. The Hall–Kier alpha value is -2.29.